The number of aromatic nitrogens is 1. The van der Waals surface area contributed by atoms with Gasteiger partial charge in [0.2, 0.25) is 5.91 Å². The lowest BCUT2D eigenvalue weighted by Gasteiger charge is -2.49. The average molecular weight is 369 g/mol. The van der Waals surface area contributed by atoms with Crippen LogP contribution >= 0.6 is 0 Å². The van der Waals surface area contributed by atoms with E-state index in [1.165, 1.54) is 5.56 Å². The first-order valence-electron chi connectivity index (χ1n) is 9.85. The van der Waals surface area contributed by atoms with E-state index in [9.17, 15) is 9.59 Å². The van der Waals surface area contributed by atoms with Gasteiger partial charge in [-0.05, 0) is 37.8 Å². The topological polar surface area (TPSA) is 65.6 Å². The number of amides is 2. The Hall–Kier alpha value is -2.34. The quantitative estimate of drug-likeness (QED) is 0.796. The summed E-state index contributed by atoms with van der Waals surface area (Å²) in [7, 11) is 0. The third-order valence-electron chi connectivity index (χ3n) is 5.82. The average Bonchev–Trinajstić information content (AvgIpc) is 3.05. The number of benzene rings is 1. The van der Waals surface area contributed by atoms with Gasteiger partial charge in [0, 0.05) is 37.2 Å². The third kappa shape index (κ3) is 2.83. The minimum absolute atomic E-state index is 0.00472. The SMILES string of the molecule is CCCOCCCN1CC(=O)N2CCc3c([nH]c4ccccc34)[C@@]2(C)C1=O. The predicted molar refractivity (Wildman–Crippen MR) is 103 cm³/mol. The van der Waals surface area contributed by atoms with Gasteiger partial charge in [-0.15, -0.1) is 0 Å². The molecule has 6 nitrogen and oxygen atoms in total. The number of rotatable bonds is 6. The van der Waals surface area contributed by atoms with Gasteiger partial charge in [0.05, 0.1) is 12.2 Å². The highest BCUT2D eigenvalue weighted by Crippen LogP contribution is 2.41. The number of nitrogens with one attached hydrogen (secondary N) is 1. The number of aromatic amines is 1. The summed E-state index contributed by atoms with van der Waals surface area (Å²) in [5.74, 6) is 0.0287. The number of carbonyl (C=O) groups excluding carboxylic acids is 2. The van der Waals surface area contributed by atoms with E-state index < -0.39 is 5.54 Å². The standard InChI is InChI=1S/C21H27N3O3/c1-3-12-27-13-6-10-23-14-18(25)24-11-9-16-15-7-4-5-8-17(15)22-19(16)21(24,2)20(23)26/h4-5,7-8,22H,3,6,9-14H2,1-2H3/t21-/m0/s1. The van der Waals surface area contributed by atoms with Crippen molar-refractivity contribution in [1.82, 2.24) is 14.8 Å². The van der Waals surface area contributed by atoms with Crippen LogP contribution in [0.3, 0.4) is 0 Å². The maximum absolute atomic E-state index is 13.5. The number of H-pyrrole nitrogens is 1. The Kier molecular flexibility index (Phi) is 4.68. The molecule has 2 aliphatic heterocycles. The van der Waals surface area contributed by atoms with Crippen molar-refractivity contribution in [3.8, 4) is 0 Å². The second-order valence-electron chi connectivity index (χ2n) is 7.58. The number of para-hydroxylation sites is 1. The van der Waals surface area contributed by atoms with Gasteiger partial charge in [-0.3, -0.25) is 9.59 Å². The molecule has 1 saturated heterocycles. The first-order chi connectivity index (χ1) is 13.1. The Morgan fingerprint density at radius 2 is 2.04 bits per heavy atom. The molecule has 0 spiro atoms. The number of fused-ring (bicyclic) bond motifs is 5. The number of piperazine rings is 1. The van der Waals surface area contributed by atoms with Crippen LogP contribution in [0, 0.1) is 0 Å². The van der Waals surface area contributed by atoms with E-state index in [2.05, 4.69) is 18.0 Å². The molecule has 0 aliphatic carbocycles. The highest BCUT2D eigenvalue weighted by molar-refractivity contribution is 6.00. The highest BCUT2D eigenvalue weighted by atomic mass is 16.5. The molecule has 1 fully saturated rings. The lowest BCUT2D eigenvalue weighted by Crippen LogP contribution is -2.67. The molecule has 144 valence electrons. The fourth-order valence-electron chi connectivity index (χ4n) is 4.47. The summed E-state index contributed by atoms with van der Waals surface area (Å²) in [6, 6.07) is 8.11. The molecule has 27 heavy (non-hydrogen) atoms. The molecule has 1 aromatic heterocycles. The van der Waals surface area contributed by atoms with Crippen LogP contribution < -0.4 is 0 Å². The maximum Gasteiger partial charge on any atom is 0.254 e. The van der Waals surface area contributed by atoms with Crippen molar-refractivity contribution < 1.29 is 14.3 Å². The number of hydrogen-bond acceptors (Lipinski definition) is 3. The molecule has 0 saturated carbocycles. The van der Waals surface area contributed by atoms with Crippen LogP contribution in [0.2, 0.25) is 0 Å². The van der Waals surface area contributed by atoms with Gasteiger partial charge in [-0.2, -0.15) is 0 Å². The summed E-state index contributed by atoms with van der Waals surface area (Å²) in [5.41, 5.74) is 2.11. The highest BCUT2D eigenvalue weighted by Gasteiger charge is 2.53. The third-order valence-corrected chi connectivity index (χ3v) is 5.82. The first kappa shape index (κ1) is 18.0. The van der Waals surface area contributed by atoms with Gasteiger partial charge in [-0.1, -0.05) is 25.1 Å². The monoisotopic (exact) mass is 369 g/mol. The molecule has 0 radical (unpaired) electrons. The van der Waals surface area contributed by atoms with E-state index in [1.54, 1.807) is 9.80 Å². The number of ether oxygens (including phenoxy) is 1. The molecule has 6 heteroatoms. The molecule has 1 aromatic carbocycles. The Morgan fingerprint density at radius 3 is 2.85 bits per heavy atom. The molecule has 0 bridgehead atoms. The Labute approximate surface area is 159 Å². The van der Waals surface area contributed by atoms with Crippen molar-refractivity contribution in [2.45, 2.75) is 38.6 Å². The number of carbonyl (C=O) groups is 2. The van der Waals surface area contributed by atoms with Gasteiger partial charge in [0.15, 0.2) is 5.54 Å². The van der Waals surface area contributed by atoms with E-state index >= 15 is 0 Å². The van der Waals surface area contributed by atoms with Crippen LogP contribution in [0.4, 0.5) is 0 Å². The van der Waals surface area contributed by atoms with Crippen molar-refractivity contribution in [2.24, 2.45) is 0 Å². The van der Waals surface area contributed by atoms with Crippen molar-refractivity contribution in [1.29, 1.82) is 0 Å². The molecular weight excluding hydrogens is 342 g/mol. The number of nitrogens with zero attached hydrogens (tertiary/aromatic N) is 2. The smallest absolute Gasteiger partial charge is 0.254 e. The summed E-state index contributed by atoms with van der Waals surface area (Å²) in [6.45, 7) is 6.61. The zero-order chi connectivity index (χ0) is 19.0. The fourth-order valence-corrected chi connectivity index (χ4v) is 4.47. The van der Waals surface area contributed by atoms with Gasteiger partial charge in [0.25, 0.3) is 5.91 Å². The van der Waals surface area contributed by atoms with Gasteiger partial charge in [-0.25, -0.2) is 0 Å². The minimum Gasteiger partial charge on any atom is -0.381 e. The van der Waals surface area contributed by atoms with Gasteiger partial charge in [0.1, 0.15) is 0 Å². The summed E-state index contributed by atoms with van der Waals surface area (Å²) < 4.78 is 5.52. The lowest BCUT2D eigenvalue weighted by molar-refractivity contribution is -0.166. The van der Waals surface area contributed by atoms with Crippen LogP contribution in [-0.2, 0) is 26.3 Å². The van der Waals surface area contributed by atoms with E-state index in [0.717, 1.165) is 42.5 Å². The van der Waals surface area contributed by atoms with Gasteiger partial charge < -0.3 is 19.5 Å². The largest absolute Gasteiger partial charge is 0.381 e. The van der Waals surface area contributed by atoms with Crippen molar-refractivity contribution in [3.63, 3.8) is 0 Å². The summed E-state index contributed by atoms with van der Waals surface area (Å²) >= 11 is 0. The van der Waals surface area contributed by atoms with Crippen LogP contribution in [0.1, 0.15) is 37.9 Å². The Balaban J connectivity index is 1.64. The van der Waals surface area contributed by atoms with E-state index in [4.69, 9.17) is 4.74 Å². The molecule has 2 amide bonds. The van der Waals surface area contributed by atoms with E-state index in [-0.39, 0.29) is 18.4 Å². The van der Waals surface area contributed by atoms with Crippen LogP contribution in [-0.4, -0.2) is 59.4 Å². The second kappa shape index (κ2) is 7.00. The summed E-state index contributed by atoms with van der Waals surface area (Å²) in [4.78, 5) is 33.2. The van der Waals surface area contributed by atoms with Crippen molar-refractivity contribution in [2.75, 3.05) is 32.8 Å². The Bertz CT molecular complexity index is 875. The molecule has 0 unspecified atom stereocenters. The summed E-state index contributed by atoms with van der Waals surface area (Å²) in [6.07, 6.45) is 2.50. The van der Waals surface area contributed by atoms with E-state index in [0.29, 0.717) is 19.7 Å². The maximum atomic E-state index is 13.5. The zero-order valence-corrected chi connectivity index (χ0v) is 16.1. The molecule has 4 rings (SSSR count). The molecule has 1 N–H and O–H groups in total. The van der Waals surface area contributed by atoms with Crippen LogP contribution in [0.25, 0.3) is 10.9 Å². The minimum atomic E-state index is -0.952. The summed E-state index contributed by atoms with van der Waals surface area (Å²) in [5, 5.41) is 1.15. The van der Waals surface area contributed by atoms with E-state index in [1.807, 2.05) is 25.1 Å². The van der Waals surface area contributed by atoms with Crippen LogP contribution in [0.5, 0.6) is 0 Å². The predicted octanol–water partition coefficient (Wildman–Crippen LogP) is 2.43. The Morgan fingerprint density at radius 1 is 1.22 bits per heavy atom. The zero-order valence-electron chi connectivity index (χ0n) is 16.1. The normalized spacial score (nSPS) is 22.3. The lowest BCUT2D eigenvalue weighted by atomic mass is 9.83. The molecule has 3 heterocycles. The second-order valence-corrected chi connectivity index (χ2v) is 7.58. The molecule has 2 aliphatic rings. The molecule has 1 atom stereocenters. The van der Waals surface area contributed by atoms with Crippen LogP contribution in [0.15, 0.2) is 24.3 Å². The van der Waals surface area contributed by atoms with Gasteiger partial charge >= 0.3 is 0 Å². The van der Waals surface area contributed by atoms with Crippen molar-refractivity contribution in [3.05, 3.63) is 35.5 Å². The van der Waals surface area contributed by atoms with Crippen molar-refractivity contribution >= 4 is 22.7 Å². The first-order valence-corrected chi connectivity index (χ1v) is 9.85. The molecule has 2 aromatic rings. The number of hydrogen-bond donors (Lipinski definition) is 1. The fraction of sp³-hybridized carbons (Fsp3) is 0.524. The molecular formula is C21H27N3O3.